The number of amides is 1. The van der Waals surface area contributed by atoms with Crippen molar-refractivity contribution in [2.75, 3.05) is 6.54 Å². The second-order valence-corrected chi connectivity index (χ2v) is 6.25. The Labute approximate surface area is 136 Å². The number of rotatable bonds is 4. The van der Waals surface area contributed by atoms with Gasteiger partial charge < -0.3 is 11.1 Å². The summed E-state index contributed by atoms with van der Waals surface area (Å²) in [4.78, 5) is 12.6. The Bertz CT molecular complexity index is 665. The average Bonchev–Trinajstić information content (AvgIpc) is 2.98. The first-order chi connectivity index (χ1) is 11.2. The van der Waals surface area contributed by atoms with E-state index in [1.807, 2.05) is 37.3 Å². The van der Waals surface area contributed by atoms with E-state index in [1.165, 1.54) is 6.42 Å². The lowest BCUT2D eigenvalue weighted by Gasteiger charge is -2.31. The first kappa shape index (κ1) is 15.7. The molecule has 2 aromatic rings. The summed E-state index contributed by atoms with van der Waals surface area (Å²) >= 11 is 0. The number of para-hydroxylation sites is 1. The second kappa shape index (κ2) is 6.96. The van der Waals surface area contributed by atoms with Gasteiger partial charge in [-0.1, -0.05) is 31.0 Å². The number of nitrogens with one attached hydrogen (secondary N) is 1. The summed E-state index contributed by atoms with van der Waals surface area (Å²) in [5, 5.41) is 7.54. The SMILES string of the molecule is Cc1c(C(=O)NC2CCCCC2CN)cnn1-c1ccccc1. The van der Waals surface area contributed by atoms with E-state index in [1.54, 1.807) is 10.9 Å². The fourth-order valence-corrected chi connectivity index (χ4v) is 3.39. The molecular formula is C18H24N4O. The number of carbonyl (C=O) groups excluding carboxylic acids is 1. The monoisotopic (exact) mass is 312 g/mol. The smallest absolute Gasteiger partial charge is 0.254 e. The Kier molecular flexibility index (Phi) is 4.76. The van der Waals surface area contributed by atoms with Crippen LogP contribution < -0.4 is 11.1 Å². The summed E-state index contributed by atoms with van der Waals surface area (Å²) in [5.41, 5.74) is 8.30. The van der Waals surface area contributed by atoms with Crippen LogP contribution >= 0.6 is 0 Å². The predicted octanol–water partition coefficient (Wildman–Crippen LogP) is 2.43. The second-order valence-electron chi connectivity index (χ2n) is 6.25. The van der Waals surface area contributed by atoms with Crippen LogP contribution in [0.3, 0.4) is 0 Å². The third-order valence-corrected chi connectivity index (χ3v) is 4.78. The molecule has 23 heavy (non-hydrogen) atoms. The van der Waals surface area contributed by atoms with Gasteiger partial charge in [-0.2, -0.15) is 5.10 Å². The maximum absolute atomic E-state index is 12.6. The van der Waals surface area contributed by atoms with Gasteiger partial charge in [-0.3, -0.25) is 4.79 Å². The molecule has 0 radical (unpaired) electrons. The van der Waals surface area contributed by atoms with E-state index in [0.29, 0.717) is 18.0 Å². The number of benzene rings is 1. The predicted molar refractivity (Wildman–Crippen MR) is 90.6 cm³/mol. The molecule has 3 N–H and O–H groups in total. The molecule has 2 atom stereocenters. The molecule has 1 saturated carbocycles. The molecule has 1 aromatic carbocycles. The lowest BCUT2D eigenvalue weighted by atomic mass is 9.84. The Morgan fingerprint density at radius 2 is 2.04 bits per heavy atom. The molecule has 1 aliphatic carbocycles. The van der Waals surface area contributed by atoms with E-state index in [0.717, 1.165) is 30.6 Å². The largest absolute Gasteiger partial charge is 0.349 e. The highest BCUT2D eigenvalue weighted by atomic mass is 16.1. The summed E-state index contributed by atoms with van der Waals surface area (Å²) < 4.78 is 1.80. The molecule has 1 aliphatic rings. The van der Waals surface area contributed by atoms with Gasteiger partial charge in [0.25, 0.3) is 5.91 Å². The standard InChI is InChI=1S/C18H24N4O/c1-13-16(12-20-22(13)15-8-3-2-4-9-15)18(23)21-17-10-6-5-7-14(17)11-19/h2-4,8-9,12,14,17H,5-7,10-11,19H2,1H3,(H,21,23). The number of aromatic nitrogens is 2. The fraction of sp³-hybridized carbons (Fsp3) is 0.444. The molecule has 5 heteroatoms. The van der Waals surface area contributed by atoms with Gasteiger partial charge in [0.05, 0.1) is 23.1 Å². The summed E-state index contributed by atoms with van der Waals surface area (Å²) in [6, 6.07) is 10.0. The van der Waals surface area contributed by atoms with Crippen LogP contribution in [0.25, 0.3) is 5.69 Å². The highest BCUT2D eigenvalue weighted by Crippen LogP contribution is 2.24. The summed E-state index contributed by atoms with van der Waals surface area (Å²) in [7, 11) is 0. The molecule has 5 nitrogen and oxygen atoms in total. The van der Waals surface area contributed by atoms with Crippen LogP contribution in [0.5, 0.6) is 0 Å². The Balaban J connectivity index is 1.77. The molecule has 1 heterocycles. The minimum atomic E-state index is -0.0463. The first-order valence-electron chi connectivity index (χ1n) is 8.31. The van der Waals surface area contributed by atoms with Crippen LogP contribution in [-0.4, -0.2) is 28.3 Å². The quantitative estimate of drug-likeness (QED) is 0.910. The zero-order chi connectivity index (χ0) is 16.2. The molecule has 3 rings (SSSR count). The van der Waals surface area contributed by atoms with Crippen LogP contribution in [0.1, 0.15) is 41.7 Å². The summed E-state index contributed by atoms with van der Waals surface area (Å²) in [6.07, 6.45) is 6.13. The van der Waals surface area contributed by atoms with Crippen molar-refractivity contribution in [2.45, 2.75) is 38.6 Å². The maximum Gasteiger partial charge on any atom is 0.254 e. The third kappa shape index (κ3) is 3.29. The minimum Gasteiger partial charge on any atom is -0.349 e. The third-order valence-electron chi connectivity index (χ3n) is 4.78. The van der Waals surface area contributed by atoms with Crippen LogP contribution in [0.2, 0.25) is 0 Å². The zero-order valence-electron chi connectivity index (χ0n) is 13.5. The Morgan fingerprint density at radius 1 is 1.30 bits per heavy atom. The van der Waals surface area contributed by atoms with Crippen LogP contribution in [0.15, 0.2) is 36.5 Å². The normalized spacial score (nSPS) is 21.1. The molecule has 1 aromatic heterocycles. The lowest BCUT2D eigenvalue weighted by Crippen LogP contribution is -2.44. The number of carbonyl (C=O) groups is 1. The molecule has 0 aliphatic heterocycles. The van der Waals surface area contributed by atoms with Crippen molar-refractivity contribution in [1.82, 2.24) is 15.1 Å². The van der Waals surface area contributed by atoms with Gasteiger partial charge in [-0.25, -0.2) is 4.68 Å². The molecule has 0 bridgehead atoms. The van der Waals surface area contributed by atoms with Crippen molar-refractivity contribution in [3.8, 4) is 5.69 Å². The highest BCUT2D eigenvalue weighted by molar-refractivity contribution is 5.95. The van der Waals surface area contributed by atoms with Crippen LogP contribution in [0, 0.1) is 12.8 Å². The fourth-order valence-electron chi connectivity index (χ4n) is 3.39. The van der Waals surface area contributed by atoms with E-state index < -0.39 is 0 Å². The lowest BCUT2D eigenvalue weighted by molar-refractivity contribution is 0.0907. The topological polar surface area (TPSA) is 72.9 Å². The average molecular weight is 312 g/mol. The molecule has 122 valence electrons. The molecule has 0 spiro atoms. The van der Waals surface area contributed by atoms with Gasteiger partial charge in [0.2, 0.25) is 0 Å². The van der Waals surface area contributed by atoms with E-state index >= 15 is 0 Å². The van der Waals surface area contributed by atoms with Gasteiger partial charge >= 0.3 is 0 Å². The van der Waals surface area contributed by atoms with Crippen molar-refractivity contribution in [3.63, 3.8) is 0 Å². The maximum atomic E-state index is 12.6. The molecule has 1 fully saturated rings. The number of hydrogen-bond acceptors (Lipinski definition) is 3. The first-order valence-corrected chi connectivity index (χ1v) is 8.31. The number of nitrogens with zero attached hydrogens (tertiary/aromatic N) is 2. The van der Waals surface area contributed by atoms with Crippen molar-refractivity contribution >= 4 is 5.91 Å². The summed E-state index contributed by atoms with van der Waals surface area (Å²) in [5.74, 6) is 0.340. The Hall–Kier alpha value is -2.14. The van der Waals surface area contributed by atoms with Gasteiger partial charge in [0.1, 0.15) is 0 Å². The molecular weight excluding hydrogens is 288 g/mol. The van der Waals surface area contributed by atoms with Gasteiger partial charge in [-0.05, 0) is 44.4 Å². The zero-order valence-corrected chi connectivity index (χ0v) is 13.5. The number of hydrogen-bond donors (Lipinski definition) is 2. The Morgan fingerprint density at radius 3 is 2.78 bits per heavy atom. The minimum absolute atomic E-state index is 0.0463. The molecule has 0 saturated heterocycles. The van der Waals surface area contributed by atoms with E-state index in [-0.39, 0.29) is 11.9 Å². The van der Waals surface area contributed by atoms with Gasteiger partial charge in [0, 0.05) is 6.04 Å². The highest BCUT2D eigenvalue weighted by Gasteiger charge is 2.26. The summed E-state index contributed by atoms with van der Waals surface area (Å²) in [6.45, 7) is 2.56. The van der Waals surface area contributed by atoms with Crippen LogP contribution in [-0.2, 0) is 0 Å². The number of nitrogens with two attached hydrogens (primary N) is 1. The molecule has 2 unspecified atom stereocenters. The van der Waals surface area contributed by atoms with E-state index in [4.69, 9.17) is 5.73 Å². The van der Waals surface area contributed by atoms with Crippen molar-refractivity contribution in [1.29, 1.82) is 0 Å². The van der Waals surface area contributed by atoms with Crippen molar-refractivity contribution in [3.05, 3.63) is 47.8 Å². The molecule has 1 amide bonds. The van der Waals surface area contributed by atoms with Gasteiger partial charge in [0.15, 0.2) is 0 Å². The van der Waals surface area contributed by atoms with Crippen molar-refractivity contribution < 1.29 is 4.79 Å². The van der Waals surface area contributed by atoms with Gasteiger partial charge in [-0.15, -0.1) is 0 Å². The van der Waals surface area contributed by atoms with Crippen molar-refractivity contribution in [2.24, 2.45) is 11.7 Å². The van der Waals surface area contributed by atoms with E-state index in [2.05, 4.69) is 10.4 Å². The van der Waals surface area contributed by atoms with E-state index in [9.17, 15) is 4.79 Å². The van der Waals surface area contributed by atoms with Crippen LogP contribution in [0.4, 0.5) is 0 Å².